The SMILES string of the molecule is C=S(C)(=N)C1(CF)CC1. The number of hydrogen-bond acceptors (Lipinski definition) is 1. The van der Waals surface area contributed by atoms with Gasteiger partial charge < -0.3 is 0 Å². The van der Waals surface area contributed by atoms with Crippen molar-refractivity contribution in [2.75, 3.05) is 12.9 Å². The Morgan fingerprint density at radius 3 is 2.22 bits per heavy atom. The van der Waals surface area contributed by atoms with Gasteiger partial charge in [0, 0.05) is 4.75 Å². The van der Waals surface area contributed by atoms with Crippen LogP contribution in [0, 0.1) is 4.78 Å². The maximum Gasteiger partial charge on any atom is 0.104 e. The molecule has 0 radical (unpaired) electrons. The van der Waals surface area contributed by atoms with Crippen LogP contribution in [0.4, 0.5) is 4.39 Å². The summed E-state index contributed by atoms with van der Waals surface area (Å²) in [6.07, 6.45) is 3.52. The van der Waals surface area contributed by atoms with E-state index >= 15 is 0 Å². The van der Waals surface area contributed by atoms with Crippen molar-refractivity contribution in [1.29, 1.82) is 4.78 Å². The average Bonchev–Trinajstić information content (AvgIpc) is 2.40. The molecule has 0 saturated heterocycles. The first-order valence-corrected chi connectivity index (χ1v) is 5.14. The molecule has 0 heterocycles. The lowest BCUT2D eigenvalue weighted by Gasteiger charge is -2.14. The summed E-state index contributed by atoms with van der Waals surface area (Å²) >= 11 is 0. The summed E-state index contributed by atoms with van der Waals surface area (Å²) in [4.78, 5) is 0. The third-order valence-corrected chi connectivity index (χ3v) is 4.44. The molecule has 0 aromatic carbocycles. The first-order chi connectivity index (χ1) is 4.02. The Hall–Kier alpha value is -0.0500. The van der Waals surface area contributed by atoms with Crippen molar-refractivity contribution >= 4 is 15.3 Å². The Kier molecular flexibility index (Phi) is 1.35. The van der Waals surface area contributed by atoms with Crippen molar-refractivity contribution in [2.24, 2.45) is 0 Å². The van der Waals surface area contributed by atoms with Gasteiger partial charge in [0.15, 0.2) is 0 Å². The van der Waals surface area contributed by atoms with Crippen LogP contribution in [0.2, 0.25) is 0 Å². The molecule has 0 aliphatic heterocycles. The molecule has 1 unspecified atom stereocenters. The maximum atomic E-state index is 12.2. The topological polar surface area (TPSA) is 23.9 Å². The van der Waals surface area contributed by atoms with Gasteiger partial charge >= 0.3 is 0 Å². The summed E-state index contributed by atoms with van der Waals surface area (Å²) in [6, 6.07) is 0. The monoisotopic (exact) mass is 149 g/mol. The summed E-state index contributed by atoms with van der Waals surface area (Å²) in [5.41, 5.74) is 0. The number of nitrogens with one attached hydrogen (secondary N) is 1. The van der Waals surface area contributed by atoms with E-state index in [0.717, 1.165) is 12.8 Å². The van der Waals surface area contributed by atoms with E-state index in [2.05, 4.69) is 5.87 Å². The fraction of sp³-hybridized carbons (Fsp3) is 0.833. The molecule has 1 saturated carbocycles. The van der Waals surface area contributed by atoms with Crippen LogP contribution in [0.25, 0.3) is 0 Å². The van der Waals surface area contributed by atoms with Gasteiger partial charge in [0.2, 0.25) is 0 Å². The molecule has 1 atom stereocenters. The van der Waals surface area contributed by atoms with E-state index in [0.29, 0.717) is 0 Å². The number of alkyl halides is 1. The van der Waals surface area contributed by atoms with Crippen LogP contribution in [0.1, 0.15) is 12.8 Å². The number of rotatable bonds is 2. The lowest BCUT2D eigenvalue weighted by Crippen LogP contribution is -2.22. The molecule has 0 spiro atoms. The number of hydrogen-bond donors (Lipinski definition) is 1. The molecule has 0 aromatic heterocycles. The van der Waals surface area contributed by atoms with E-state index in [1.165, 1.54) is 0 Å². The molecule has 1 aliphatic rings. The Labute approximate surface area is 55.7 Å². The zero-order chi connectivity index (χ0) is 7.12. The van der Waals surface area contributed by atoms with E-state index in [-0.39, 0.29) is 11.4 Å². The van der Waals surface area contributed by atoms with Gasteiger partial charge in [0.05, 0.1) is 0 Å². The lowest BCUT2D eigenvalue weighted by atomic mass is 10.5. The first kappa shape index (κ1) is 7.06. The molecule has 1 aliphatic carbocycles. The van der Waals surface area contributed by atoms with Crippen molar-refractivity contribution in [2.45, 2.75) is 17.6 Å². The zero-order valence-electron chi connectivity index (χ0n) is 5.61. The minimum atomic E-state index is -1.62. The molecule has 3 heteroatoms. The highest BCUT2D eigenvalue weighted by molar-refractivity contribution is 8.02. The molecule has 9 heavy (non-hydrogen) atoms. The van der Waals surface area contributed by atoms with Crippen LogP contribution in [0.3, 0.4) is 0 Å². The second-order valence-electron chi connectivity index (χ2n) is 2.90. The third kappa shape index (κ3) is 0.980. The zero-order valence-corrected chi connectivity index (χ0v) is 6.43. The van der Waals surface area contributed by atoms with E-state index in [4.69, 9.17) is 4.78 Å². The largest absolute Gasteiger partial charge is 0.286 e. The van der Waals surface area contributed by atoms with Crippen LogP contribution in [-0.4, -0.2) is 23.5 Å². The molecule has 0 bridgehead atoms. The van der Waals surface area contributed by atoms with Gasteiger partial charge in [-0.2, -0.15) is 0 Å². The first-order valence-electron chi connectivity index (χ1n) is 2.93. The van der Waals surface area contributed by atoms with Crippen LogP contribution in [0.15, 0.2) is 0 Å². The Balaban J connectivity index is 2.85. The van der Waals surface area contributed by atoms with Crippen molar-refractivity contribution in [3.05, 3.63) is 0 Å². The molecule has 1 fully saturated rings. The van der Waals surface area contributed by atoms with Crippen molar-refractivity contribution < 1.29 is 4.39 Å². The minimum Gasteiger partial charge on any atom is -0.286 e. The molecular weight excluding hydrogens is 137 g/mol. The molecule has 1 N–H and O–H groups in total. The normalized spacial score (nSPS) is 29.1. The van der Waals surface area contributed by atoms with Gasteiger partial charge in [-0.3, -0.25) is 4.78 Å². The van der Waals surface area contributed by atoms with Crippen LogP contribution >= 0.6 is 0 Å². The van der Waals surface area contributed by atoms with Gasteiger partial charge in [-0.1, -0.05) is 5.87 Å². The molecule has 0 aromatic rings. The quantitative estimate of drug-likeness (QED) is 0.575. The minimum absolute atomic E-state index is 0.299. The van der Waals surface area contributed by atoms with Gasteiger partial charge in [0.1, 0.15) is 6.67 Å². The van der Waals surface area contributed by atoms with Gasteiger partial charge in [-0.15, -0.1) is 9.41 Å². The highest BCUT2D eigenvalue weighted by Gasteiger charge is 2.46. The molecular formula is C6H12FNS. The average molecular weight is 149 g/mol. The molecule has 1 rings (SSSR count). The van der Waals surface area contributed by atoms with E-state index in [1.807, 2.05) is 0 Å². The van der Waals surface area contributed by atoms with Gasteiger partial charge in [0.25, 0.3) is 0 Å². The third-order valence-electron chi connectivity index (χ3n) is 2.01. The fourth-order valence-electron chi connectivity index (χ4n) is 0.844. The molecule has 0 amide bonds. The second-order valence-corrected chi connectivity index (χ2v) is 5.95. The Morgan fingerprint density at radius 2 is 2.22 bits per heavy atom. The van der Waals surface area contributed by atoms with Crippen molar-refractivity contribution in [3.63, 3.8) is 0 Å². The van der Waals surface area contributed by atoms with Crippen LogP contribution in [0.5, 0.6) is 0 Å². The standard InChI is InChI=1S/C6H12FNS/c1-9(2,8)6(5-7)3-4-6/h8H,1,3-5H2,2H3. The van der Waals surface area contributed by atoms with E-state index in [1.54, 1.807) is 6.26 Å². The smallest absolute Gasteiger partial charge is 0.104 e. The summed E-state index contributed by atoms with van der Waals surface area (Å²) in [6.45, 7) is -0.341. The molecule has 1 nitrogen and oxygen atoms in total. The summed E-state index contributed by atoms with van der Waals surface area (Å²) in [5, 5.41) is 0. The highest BCUT2D eigenvalue weighted by Crippen LogP contribution is 2.43. The predicted octanol–water partition coefficient (Wildman–Crippen LogP) is 1.47. The van der Waals surface area contributed by atoms with Gasteiger partial charge in [-0.05, 0) is 19.1 Å². The summed E-state index contributed by atoms with van der Waals surface area (Å²) in [7, 11) is -1.62. The maximum absolute atomic E-state index is 12.2. The summed E-state index contributed by atoms with van der Waals surface area (Å²) < 4.78 is 19.4. The Bertz CT molecular complexity index is 201. The van der Waals surface area contributed by atoms with Crippen molar-refractivity contribution in [1.82, 2.24) is 0 Å². The number of halogens is 1. The predicted molar refractivity (Wildman–Crippen MR) is 41.1 cm³/mol. The second kappa shape index (κ2) is 1.72. The van der Waals surface area contributed by atoms with Crippen molar-refractivity contribution in [3.8, 4) is 0 Å². The van der Waals surface area contributed by atoms with Gasteiger partial charge in [-0.25, -0.2) is 4.39 Å². The highest BCUT2D eigenvalue weighted by atomic mass is 32.2. The van der Waals surface area contributed by atoms with Crippen LogP contribution in [-0.2, 0) is 9.41 Å². The summed E-state index contributed by atoms with van der Waals surface area (Å²) in [5.74, 6) is 3.69. The molecule has 54 valence electrons. The van der Waals surface area contributed by atoms with E-state index < -0.39 is 9.41 Å². The Morgan fingerprint density at radius 1 is 1.78 bits per heavy atom. The lowest BCUT2D eigenvalue weighted by molar-refractivity contribution is 0.475. The fourth-order valence-corrected chi connectivity index (χ4v) is 2.09. The van der Waals surface area contributed by atoms with E-state index in [9.17, 15) is 4.39 Å². The van der Waals surface area contributed by atoms with Crippen LogP contribution < -0.4 is 0 Å².